The summed E-state index contributed by atoms with van der Waals surface area (Å²) < 4.78 is 0. The zero-order chi connectivity index (χ0) is 13.4. The highest BCUT2D eigenvalue weighted by atomic mass is 16.4. The first-order valence-corrected chi connectivity index (χ1v) is 6.13. The van der Waals surface area contributed by atoms with Crippen LogP contribution in [-0.4, -0.2) is 53.6 Å². The highest BCUT2D eigenvalue weighted by Crippen LogP contribution is 2.09. The first-order chi connectivity index (χ1) is 7.93. The minimum absolute atomic E-state index is 0.0379. The summed E-state index contributed by atoms with van der Waals surface area (Å²) in [4.78, 5) is 25.7. The molecule has 2 amide bonds. The molecule has 0 unspecified atom stereocenters. The van der Waals surface area contributed by atoms with E-state index in [9.17, 15) is 9.59 Å². The molecule has 0 aliphatic carbocycles. The lowest BCUT2D eigenvalue weighted by molar-refractivity contribution is -0.137. The Morgan fingerprint density at radius 3 is 2.12 bits per heavy atom. The number of nitrogens with zero attached hydrogens (tertiary/aromatic N) is 2. The van der Waals surface area contributed by atoms with Crippen LogP contribution in [0.2, 0.25) is 0 Å². The minimum atomic E-state index is -0.820. The van der Waals surface area contributed by atoms with E-state index in [0.29, 0.717) is 13.0 Å². The van der Waals surface area contributed by atoms with Gasteiger partial charge in [0.15, 0.2) is 0 Å². The molecule has 0 heterocycles. The van der Waals surface area contributed by atoms with Crippen molar-refractivity contribution >= 4 is 12.0 Å². The van der Waals surface area contributed by atoms with Crippen molar-refractivity contribution in [1.82, 2.24) is 9.80 Å². The molecule has 0 atom stereocenters. The summed E-state index contributed by atoms with van der Waals surface area (Å²) in [6.45, 7) is 4.60. The Hall–Kier alpha value is -1.26. The summed E-state index contributed by atoms with van der Waals surface area (Å²) in [6.07, 6.45) is 2.46. The van der Waals surface area contributed by atoms with Crippen LogP contribution in [0.15, 0.2) is 0 Å². The van der Waals surface area contributed by atoms with E-state index in [1.54, 1.807) is 23.9 Å². The molecule has 1 N–H and O–H groups in total. The van der Waals surface area contributed by atoms with Gasteiger partial charge in [-0.05, 0) is 19.3 Å². The van der Waals surface area contributed by atoms with Crippen molar-refractivity contribution in [2.24, 2.45) is 0 Å². The number of aliphatic carboxylic acids is 1. The number of carboxylic acids is 1. The van der Waals surface area contributed by atoms with Gasteiger partial charge >= 0.3 is 12.0 Å². The number of carbonyl (C=O) groups excluding carboxylic acids is 1. The molecule has 0 saturated carbocycles. The molecule has 0 bridgehead atoms. The average molecular weight is 244 g/mol. The molecule has 100 valence electrons. The summed E-state index contributed by atoms with van der Waals surface area (Å²) in [6, 6.07) is 0.216. The number of rotatable bonds is 7. The van der Waals surface area contributed by atoms with Crippen molar-refractivity contribution in [2.45, 2.75) is 45.6 Å². The molecular formula is C12H24N2O3. The highest BCUT2D eigenvalue weighted by Gasteiger charge is 2.19. The second kappa shape index (κ2) is 7.92. The van der Waals surface area contributed by atoms with Crippen LogP contribution in [0.4, 0.5) is 4.79 Å². The lowest BCUT2D eigenvalue weighted by atomic mass is 10.1. The molecule has 0 fully saturated rings. The Morgan fingerprint density at radius 2 is 1.71 bits per heavy atom. The fourth-order valence-corrected chi connectivity index (χ4v) is 1.82. The van der Waals surface area contributed by atoms with Gasteiger partial charge in [-0.15, -0.1) is 0 Å². The molecule has 5 nitrogen and oxygen atoms in total. The van der Waals surface area contributed by atoms with Gasteiger partial charge < -0.3 is 14.9 Å². The number of carbonyl (C=O) groups is 2. The van der Waals surface area contributed by atoms with Crippen LogP contribution < -0.4 is 0 Å². The number of amides is 2. The largest absolute Gasteiger partial charge is 0.481 e. The third kappa shape index (κ3) is 5.56. The molecule has 0 aromatic carbocycles. The Balaban J connectivity index is 4.14. The van der Waals surface area contributed by atoms with Crippen LogP contribution in [0.3, 0.4) is 0 Å². The molecule has 5 heteroatoms. The van der Waals surface area contributed by atoms with Gasteiger partial charge in [0.25, 0.3) is 0 Å². The average Bonchev–Trinajstić information content (AvgIpc) is 2.28. The van der Waals surface area contributed by atoms with Gasteiger partial charge in [-0.2, -0.15) is 0 Å². The molecule has 0 spiro atoms. The fourth-order valence-electron chi connectivity index (χ4n) is 1.82. The lowest BCUT2D eigenvalue weighted by Gasteiger charge is -2.30. The molecule has 0 radical (unpaired) electrons. The zero-order valence-electron chi connectivity index (χ0n) is 11.3. The third-order valence-corrected chi connectivity index (χ3v) is 3.00. The lowest BCUT2D eigenvalue weighted by Crippen LogP contribution is -2.44. The standard InChI is InChI=1S/C12H24N2O3/c1-5-10(6-2)14(4)12(17)13(3)9-7-8-11(15)16/h10H,5-9H2,1-4H3,(H,15,16). The van der Waals surface area contributed by atoms with E-state index in [2.05, 4.69) is 13.8 Å². The van der Waals surface area contributed by atoms with Gasteiger partial charge in [-0.25, -0.2) is 4.79 Å². The first kappa shape index (κ1) is 15.7. The summed E-state index contributed by atoms with van der Waals surface area (Å²) in [5.74, 6) is -0.820. The topological polar surface area (TPSA) is 60.9 Å². The molecular weight excluding hydrogens is 220 g/mol. The number of carboxylic acid groups (broad SMARTS) is 1. The Bertz CT molecular complexity index is 252. The van der Waals surface area contributed by atoms with Crippen molar-refractivity contribution in [3.05, 3.63) is 0 Å². The van der Waals surface area contributed by atoms with Crippen molar-refractivity contribution < 1.29 is 14.7 Å². The number of hydrogen-bond acceptors (Lipinski definition) is 2. The number of urea groups is 1. The molecule has 0 aliphatic rings. The van der Waals surface area contributed by atoms with Crippen molar-refractivity contribution in [1.29, 1.82) is 0 Å². The van der Waals surface area contributed by atoms with Gasteiger partial charge in [-0.1, -0.05) is 13.8 Å². The minimum Gasteiger partial charge on any atom is -0.481 e. The van der Waals surface area contributed by atoms with E-state index in [0.717, 1.165) is 12.8 Å². The Kier molecular flexibility index (Phi) is 7.34. The second-order valence-electron chi connectivity index (χ2n) is 4.28. The van der Waals surface area contributed by atoms with Crippen molar-refractivity contribution in [3.8, 4) is 0 Å². The van der Waals surface area contributed by atoms with Crippen LogP contribution in [0, 0.1) is 0 Å². The maximum atomic E-state index is 12.0. The van der Waals surface area contributed by atoms with Gasteiger partial charge in [0.2, 0.25) is 0 Å². The summed E-state index contributed by atoms with van der Waals surface area (Å²) in [7, 11) is 3.51. The van der Waals surface area contributed by atoms with Crippen LogP contribution in [-0.2, 0) is 4.79 Å². The predicted octanol–water partition coefficient (Wildman–Crippen LogP) is 2.02. The molecule has 0 rings (SSSR count). The molecule has 0 aromatic heterocycles. The van der Waals surface area contributed by atoms with E-state index in [1.165, 1.54) is 0 Å². The van der Waals surface area contributed by atoms with Crippen LogP contribution in [0.1, 0.15) is 39.5 Å². The summed E-state index contributed by atoms with van der Waals surface area (Å²) >= 11 is 0. The molecule has 0 aromatic rings. The fraction of sp³-hybridized carbons (Fsp3) is 0.833. The molecule has 17 heavy (non-hydrogen) atoms. The normalized spacial score (nSPS) is 10.4. The van der Waals surface area contributed by atoms with Gasteiger partial charge in [0.05, 0.1) is 0 Å². The van der Waals surface area contributed by atoms with E-state index < -0.39 is 5.97 Å². The van der Waals surface area contributed by atoms with Crippen LogP contribution >= 0.6 is 0 Å². The van der Waals surface area contributed by atoms with Crippen molar-refractivity contribution in [2.75, 3.05) is 20.6 Å². The predicted molar refractivity (Wildman–Crippen MR) is 67.0 cm³/mol. The summed E-state index contributed by atoms with van der Waals surface area (Å²) in [5, 5.41) is 8.52. The summed E-state index contributed by atoms with van der Waals surface area (Å²) in [5.41, 5.74) is 0. The highest BCUT2D eigenvalue weighted by molar-refractivity contribution is 5.74. The van der Waals surface area contributed by atoms with E-state index >= 15 is 0 Å². The maximum Gasteiger partial charge on any atom is 0.319 e. The second-order valence-corrected chi connectivity index (χ2v) is 4.28. The van der Waals surface area contributed by atoms with E-state index in [1.807, 2.05) is 0 Å². The molecule has 0 saturated heterocycles. The van der Waals surface area contributed by atoms with Gasteiger partial charge in [0.1, 0.15) is 0 Å². The zero-order valence-corrected chi connectivity index (χ0v) is 11.3. The van der Waals surface area contributed by atoms with E-state index in [-0.39, 0.29) is 18.5 Å². The maximum absolute atomic E-state index is 12.0. The quantitative estimate of drug-likeness (QED) is 0.745. The first-order valence-electron chi connectivity index (χ1n) is 6.13. The van der Waals surface area contributed by atoms with Crippen LogP contribution in [0.5, 0.6) is 0 Å². The van der Waals surface area contributed by atoms with Crippen LogP contribution in [0.25, 0.3) is 0 Å². The van der Waals surface area contributed by atoms with E-state index in [4.69, 9.17) is 5.11 Å². The smallest absolute Gasteiger partial charge is 0.319 e. The Morgan fingerprint density at radius 1 is 1.18 bits per heavy atom. The third-order valence-electron chi connectivity index (χ3n) is 3.00. The van der Waals surface area contributed by atoms with Gasteiger partial charge in [0, 0.05) is 33.1 Å². The monoisotopic (exact) mass is 244 g/mol. The van der Waals surface area contributed by atoms with Crippen molar-refractivity contribution in [3.63, 3.8) is 0 Å². The Labute approximate surface area is 103 Å². The van der Waals surface area contributed by atoms with Gasteiger partial charge in [-0.3, -0.25) is 4.79 Å². The number of hydrogen-bond donors (Lipinski definition) is 1. The SMILES string of the molecule is CCC(CC)N(C)C(=O)N(C)CCCC(=O)O. The molecule has 0 aliphatic heterocycles.